The van der Waals surface area contributed by atoms with Gasteiger partial charge in [0.05, 0.1) is 7.11 Å². The molecule has 20 heavy (non-hydrogen) atoms. The van der Waals surface area contributed by atoms with Crippen molar-refractivity contribution in [1.82, 2.24) is 10.2 Å². The molecule has 1 N–H and O–H groups in total. The highest BCUT2D eigenvalue weighted by molar-refractivity contribution is 7.80. The normalized spacial score (nSPS) is 16.7. The second-order valence-corrected chi connectivity index (χ2v) is 4.96. The Balaban J connectivity index is 2.18. The van der Waals surface area contributed by atoms with Crippen molar-refractivity contribution >= 4 is 29.3 Å². The van der Waals surface area contributed by atoms with E-state index in [0.717, 1.165) is 24.2 Å². The third kappa shape index (κ3) is 3.17. The average molecular weight is 290 g/mol. The van der Waals surface area contributed by atoms with Crippen LogP contribution < -0.4 is 10.1 Å². The largest absolute Gasteiger partial charge is 0.497 e. The van der Waals surface area contributed by atoms with Crippen molar-refractivity contribution in [2.75, 3.05) is 13.7 Å². The second-order valence-electron chi connectivity index (χ2n) is 4.58. The number of carbonyl (C=O) groups is 1. The van der Waals surface area contributed by atoms with Gasteiger partial charge in [-0.1, -0.05) is 25.5 Å². The van der Waals surface area contributed by atoms with Gasteiger partial charge in [0.25, 0.3) is 5.91 Å². The predicted molar refractivity (Wildman–Crippen MR) is 83.3 cm³/mol. The first kappa shape index (κ1) is 14.5. The van der Waals surface area contributed by atoms with Crippen molar-refractivity contribution in [3.8, 4) is 5.75 Å². The summed E-state index contributed by atoms with van der Waals surface area (Å²) in [6.07, 6.45) is 3.77. The number of ether oxygens (including phenoxy) is 1. The van der Waals surface area contributed by atoms with Crippen molar-refractivity contribution < 1.29 is 9.53 Å². The van der Waals surface area contributed by atoms with Gasteiger partial charge >= 0.3 is 0 Å². The quantitative estimate of drug-likeness (QED) is 0.668. The Hall–Kier alpha value is -1.88. The second kappa shape index (κ2) is 6.52. The van der Waals surface area contributed by atoms with Crippen LogP contribution in [0.5, 0.6) is 5.75 Å². The highest BCUT2D eigenvalue weighted by Crippen LogP contribution is 2.18. The molecule has 0 saturated carbocycles. The molecular formula is C15H18N2O2S. The molecule has 2 rings (SSSR count). The maximum Gasteiger partial charge on any atom is 0.276 e. The van der Waals surface area contributed by atoms with E-state index < -0.39 is 0 Å². The number of carbonyl (C=O) groups excluding carboxylic acids is 1. The maximum atomic E-state index is 12.3. The van der Waals surface area contributed by atoms with Crippen LogP contribution in [0.4, 0.5) is 0 Å². The first-order chi connectivity index (χ1) is 9.65. The average Bonchev–Trinajstić information content (AvgIpc) is 2.72. The molecule has 5 heteroatoms. The van der Waals surface area contributed by atoms with Gasteiger partial charge in [-0.15, -0.1) is 0 Å². The van der Waals surface area contributed by atoms with Gasteiger partial charge in [-0.05, 0) is 42.4 Å². The van der Waals surface area contributed by atoms with Crippen LogP contribution in [-0.2, 0) is 4.79 Å². The monoisotopic (exact) mass is 290 g/mol. The number of benzene rings is 1. The first-order valence-corrected chi connectivity index (χ1v) is 7.05. The molecule has 1 saturated heterocycles. The molecule has 1 fully saturated rings. The van der Waals surface area contributed by atoms with Gasteiger partial charge in [-0.2, -0.15) is 0 Å². The van der Waals surface area contributed by atoms with E-state index in [-0.39, 0.29) is 5.91 Å². The Bertz CT molecular complexity index is 555. The zero-order valence-corrected chi connectivity index (χ0v) is 12.5. The lowest BCUT2D eigenvalue weighted by atomic mass is 10.2. The Kier molecular flexibility index (Phi) is 4.74. The molecule has 1 aliphatic heterocycles. The van der Waals surface area contributed by atoms with Gasteiger partial charge < -0.3 is 10.1 Å². The first-order valence-electron chi connectivity index (χ1n) is 6.64. The highest BCUT2D eigenvalue weighted by atomic mass is 32.1. The summed E-state index contributed by atoms with van der Waals surface area (Å²) in [5.74, 6) is 0.696. The molecule has 106 valence electrons. The van der Waals surface area contributed by atoms with E-state index in [1.165, 1.54) is 0 Å². The lowest BCUT2D eigenvalue weighted by Crippen LogP contribution is -2.31. The van der Waals surface area contributed by atoms with Crippen LogP contribution in [0.2, 0.25) is 0 Å². The van der Waals surface area contributed by atoms with E-state index in [0.29, 0.717) is 17.4 Å². The van der Waals surface area contributed by atoms with Crippen LogP contribution in [0.15, 0.2) is 30.0 Å². The van der Waals surface area contributed by atoms with Crippen molar-refractivity contribution in [3.63, 3.8) is 0 Å². The predicted octanol–water partition coefficient (Wildman–Crippen LogP) is 2.55. The molecular weight excluding hydrogens is 272 g/mol. The Morgan fingerprint density at radius 1 is 1.45 bits per heavy atom. The molecule has 0 aliphatic carbocycles. The molecule has 0 unspecified atom stereocenters. The Labute approximate surface area is 124 Å². The molecule has 1 heterocycles. The molecule has 0 atom stereocenters. The smallest absolute Gasteiger partial charge is 0.276 e. The fourth-order valence-electron chi connectivity index (χ4n) is 1.99. The van der Waals surface area contributed by atoms with Crippen LogP contribution in [0.1, 0.15) is 25.3 Å². The molecule has 4 nitrogen and oxygen atoms in total. The molecule has 0 radical (unpaired) electrons. The fourth-order valence-corrected chi connectivity index (χ4v) is 2.27. The number of hydrogen-bond acceptors (Lipinski definition) is 3. The summed E-state index contributed by atoms with van der Waals surface area (Å²) in [5, 5.41) is 3.46. The van der Waals surface area contributed by atoms with Crippen LogP contribution in [0.3, 0.4) is 0 Å². The van der Waals surface area contributed by atoms with Crippen molar-refractivity contribution in [1.29, 1.82) is 0 Å². The van der Waals surface area contributed by atoms with E-state index in [1.807, 2.05) is 24.3 Å². The molecule has 0 aromatic heterocycles. The minimum absolute atomic E-state index is 0.0636. The van der Waals surface area contributed by atoms with Crippen molar-refractivity contribution in [2.45, 2.75) is 19.8 Å². The lowest BCUT2D eigenvalue weighted by Gasteiger charge is -2.12. The van der Waals surface area contributed by atoms with Crippen LogP contribution in [0.25, 0.3) is 6.08 Å². The molecule has 1 aliphatic rings. The van der Waals surface area contributed by atoms with E-state index in [9.17, 15) is 4.79 Å². The van der Waals surface area contributed by atoms with Crippen LogP contribution >= 0.6 is 12.2 Å². The molecule has 1 aromatic carbocycles. The number of thiocarbonyl (C=S) groups is 1. The van der Waals surface area contributed by atoms with Crippen molar-refractivity contribution in [3.05, 3.63) is 35.5 Å². The number of nitrogens with zero attached hydrogens (tertiary/aromatic N) is 1. The summed E-state index contributed by atoms with van der Waals surface area (Å²) in [5.41, 5.74) is 1.42. The van der Waals surface area contributed by atoms with Crippen LogP contribution in [0, 0.1) is 0 Å². The minimum atomic E-state index is -0.0636. The van der Waals surface area contributed by atoms with Crippen LogP contribution in [-0.4, -0.2) is 29.6 Å². The van der Waals surface area contributed by atoms with Gasteiger partial charge in [0.15, 0.2) is 5.11 Å². The van der Waals surface area contributed by atoms with Gasteiger partial charge in [-0.25, -0.2) is 0 Å². The fraction of sp³-hybridized carbons (Fsp3) is 0.333. The SMILES string of the molecule is CCCCN1C(=O)/C(=C\c2cccc(OC)c2)NC1=S. The topological polar surface area (TPSA) is 41.6 Å². The number of nitrogens with one attached hydrogen (secondary N) is 1. The van der Waals surface area contributed by atoms with Gasteiger partial charge in [-0.3, -0.25) is 9.69 Å². The number of methoxy groups -OCH3 is 1. The number of unbranched alkanes of at least 4 members (excludes halogenated alkanes) is 1. The maximum absolute atomic E-state index is 12.3. The number of rotatable bonds is 5. The highest BCUT2D eigenvalue weighted by Gasteiger charge is 2.29. The molecule has 0 bridgehead atoms. The van der Waals surface area contributed by atoms with E-state index in [1.54, 1.807) is 18.1 Å². The minimum Gasteiger partial charge on any atom is -0.497 e. The Morgan fingerprint density at radius 2 is 2.25 bits per heavy atom. The zero-order valence-electron chi connectivity index (χ0n) is 11.7. The summed E-state index contributed by atoms with van der Waals surface area (Å²) in [7, 11) is 1.62. The van der Waals surface area contributed by atoms with Crippen molar-refractivity contribution in [2.24, 2.45) is 0 Å². The van der Waals surface area contributed by atoms with E-state index >= 15 is 0 Å². The summed E-state index contributed by atoms with van der Waals surface area (Å²) in [6.45, 7) is 2.75. The van der Waals surface area contributed by atoms with Gasteiger partial charge in [0, 0.05) is 6.54 Å². The summed E-state index contributed by atoms with van der Waals surface area (Å²) >= 11 is 5.20. The zero-order chi connectivity index (χ0) is 14.5. The standard InChI is InChI=1S/C15H18N2O2S/c1-3-4-8-17-14(18)13(16-15(17)20)10-11-6-5-7-12(9-11)19-2/h5-7,9-10H,3-4,8H2,1-2H3,(H,16,20)/b13-10+. The summed E-state index contributed by atoms with van der Waals surface area (Å²) in [6, 6.07) is 7.55. The number of hydrogen-bond donors (Lipinski definition) is 1. The summed E-state index contributed by atoms with van der Waals surface area (Å²) in [4.78, 5) is 13.9. The number of amides is 1. The molecule has 1 amide bonds. The summed E-state index contributed by atoms with van der Waals surface area (Å²) < 4.78 is 5.17. The third-order valence-corrected chi connectivity index (χ3v) is 3.42. The van der Waals surface area contributed by atoms with Gasteiger partial charge in [0.2, 0.25) is 0 Å². The molecule has 0 spiro atoms. The molecule has 1 aromatic rings. The third-order valence-electron chi connectivity index (χ3n) is 3.10. The lowest BCUT2D eigenvalue weighted by molar-refractivity contribution is -0.122. The van der Waals surface area contributed by atoms with E-state index in [2.05, 4.69) is 12.2 Å². The Morgan fingerprint density at radius 3 is 2.95 bits per heavy atom. The van der Waals surface area contributed by atoms with E-state index in [4.69, 9.17) is 17.0 Å². The van der Waals surface area contributed by atoms with Gasteiger partial charge in [0.1, 0.15) is 11.4 Å².